The summed E-state index contributed by atoms with van der Waals surface area (Å²) >= 11 is 3.37. The number of rotatable bonds is 8. The number of aromatic amines is 1. The number of carboxylic acids is 1. The Balaban J connectivity index is 2.03. The first kappa shape index (κ1) is 22.8. The van der Waals surface area contributed by atoms with Crippen molar-refractivity contribution in [3.63, 3.8) is 0 Å². The van der Waals surface area contributed by atoms with E-state index in [9.17, 15) is 23.5 Å². The molecule has 0 radical (unpaired) electrons. The smallest absolute Gasteiger partial charge is 0.345 e. The molecule has 0 saturated heterocycles. The highest BCUT2D eigenvalue weighted by Gasteiger charge is 2.32. The molecule has 3 aromatic rings. The van der Waals surface area contributed by atoms with Crippen LogP contribution >= 0.6 is 15.9 Å². The number of hydrogen-bond acceptors (Lipinski definition) is 4. The van der Waals surface area contributed by atoms with Crippen molar-refractivity contribution in [2.45, 2.75) is 27.1 Å². The molecule has 7 nitrogen and oxygen atoms in total. The molecular formula is C21H20BrF2N3O4. The number of carboxylic acid groups (broad SMARTS) is 1. The summed E-state index contributed by atoms with van der Waals surface area (Å²) in [5, 5.41) is 9.51. The molecule has 164 valence electrons. The van der Waals surface area contributed by atoms with E-state index >= 15 is 0 Å². The molecule has 1 unspecified atom stereocenters. The minimum Gasteiger partial charge on any atom is -0.481 e. The average molecular weight is 496 g/mol. The van der Waals surface area contributed by atoms with Gasteiger partial charge in [0.05, 0.1) is 24.2 Å². The van der Waals surface area contributed by atoms with Gasteiger partial charge in [0.25, 0.3) is 0 Å². The van der Waals surface area contributed by atoms with Crippen LogP contribution in [0, 0.1) is 11.8 Å². The predicted molar refractivity (Wildman–Crippen MR) is 113 cm³/mol. The summed E-state index contributed by atoms with van der Waals surface area (Å²) in [6.07, 6.45) is 2.88. The Kier molecular flexibility index (Phi) is 7.01. The minimum atomic E-state index is -2.97. The molecule has 2 N–H and O–H groups in total. The number of ether oxygens (including phenoxy) is 1. The maximum Gasteiger partial charge on any atom is 0.345 e. The van der Waals surface area contributed by atoms with Gasteiger partial charge in [0.15, 0.2) is 5.82 Å². The van der Waals surface area contributed by atoms with Crippen LogP contribution in [0.5, 0.6) is 0 Å². The maximum atomic E-state index is 13.0. The van der Waals surface area contributed by atoms with E-state index in [2.05, 4.69) is 30.6 Å². The standard InChI is InChI=1S/C21H20BrF2N3O4/c1-11(2)17(20(29)30)19(28)27-9-12(10-31-21(23)24)7-16(27)18-25-8-15(26-18)13-3-5-14(22)6-4-13/h3-9,11,17,21H,10H2,1-2H3,(H,25,26)(H,29,30). The van der Waals surface area contributed by atoms with Gasteiger partial charge in [0.2, 0.25) is 5.91 Å². The molecule has 0 aliphatic carbocycles. The highest BCUT2D eigenvalue weighted by molar-refractivity contribution is 9.10. The molecule has 3 rings (SSSR count). The summed E-state index contributed by atoms with van der Waals surface area (Å²) in [5.74, 6) is -3.45. The SMILES string of the molecule is CC(C)C(C(=O)O)C(=O)n1cc(COC(F)F)cc1-c1ncc(-c2ccc(Br)cc2)[nH]1. The van der Waals surface area contributed by atoms with Crippen molar-refractivity contribution in [1.82, 2.24) is 14.5 Å². The first-order valence-corrected chi connectivity index (χ1v) is 10.2. The lowest BCUT2D eigenvalue weighted by Crippen LogP contribution is -2.32. The number of carbonyl (C=O) groups is 2. The van der Waals surface area contributed by atoms with Gasteiger partial charge in [0.1, 0.15) is 5.92 Å². The van der Waals surface area contributed by atoms with Gasteiger partial charge in [-0.15, -0.1) is 0 Å². The first-order valence-electron chi connectivity index (χ1n) is 9.36. The minimum absolute atomic E-state index is 0.258. The molecule has 0 amide bonds. The number of hydrogen-bond donors (Lipinski definition) is 2. The highest BCUT2D eigenvalue weighted by atomic mass is 79.9. The van der Waals surface area contributed by atoms with Crippen LogP contribution in [0.2, 0.25) is 0 Å². The number of H-pyrrole nitrogens is 1. The van der Waals surface area contributed by atoms with Gasteiger partial charge in [-0.3, -0.25) is 14.2 Å². The maximum absolute atomic E-state index is 13.0. The third-order valence-electron chi connectivity index (χ3n) is 4.66. The Labute approximate surface area is 185 Å². The molecule has 1 aromatic carbocycles. The lowest BCUT2D eigenvalue weighted by atomic mass is 9.95. The first-order chi connectivity index (χ1) is 14.7. The molecule has 0 spiro atoms. The molecule has 1 atom stereocenters. The lowest BCUT2D eigenvalue weighted by molar-refractivity contribution is -0.141. The van der Waals surface area contributed by atoms with Crippen molar-refractivity contribution < 1.29 is 28.2 Å². The summed E-state index contributed by atoms with van der Waals surface area (Å²) in [4.78, 5) is 32.1. The summed E-state index contributed by atoms with van der Waals surface area (Å²) in [6.45, 7) is -0.166. The molecule has 2 heterocycles. The monoisotopic (exact) mass is 495 g/mol. The van der Waals surface area contributed by atoms with E-state index in [1.54, 1.807) is 20.0 Å². The van der Waals surface area contributed by atoms with Crippen LogP contribution in [-0.4, -0.2) is 38.1 Å². The Morgan fingerprint density at radius 1 is 1.26 bits per heavy atom. The van der Waals surface area contributed by atoms with Crippen molar-refractivity contribution in [2.24, 2.45) is 11.8 Å². The lowest BCUT2D eigenvalue weighted by Gasteiger charge is -2.16. The van der Waals surface area contributed by atoms with Crippen molar-refractivity contribution >= 4 is 27.8 Å². The normalized spacial score (nSPS) is 12.5. The number of halogens is 3. The largest absolute Gasteiger partial charge is 0.481 e. The Morgan fingerprint density at radius 3 is 2.52 bits per heavy atom. The van der Waals surface area contributed by atoms with E-state index < -0.39 is 36.9 Å². The number of alkyl halides is 2. The van der Waals surface area contributed by atoms with Crippen LogP contribution in [0.1, 0.15) is 24.2 Å². The number of nitrogens with one attached hydrogen (secondary N) is 1. The molecule has 0 aliphatic heterocycles. The zero-order valence-corrected chi connectivity index (χ0v) is 18.3. The summed E-state index contributed by atoms with van der Waals surface area (Å²) in [7, 11) is 0. The van der Waals surface area contributed by atoms with Gasteiger partial charge >= 0.3 is 12.6 Å². The van der Waals surface area contributed by atoms with Crippen LogP contribution in [0.15, 0.2) is 47.2 Å². The van der Waals surface area contributed by atoms with Gasteiger partial charge in [0, 0.05) is 10.7 Å². The van der Waals surface area contributed by atoms with Crippen molar-refractivity contribution in [2.75, 3.05) is 0 Å². The average Bonchev–Trinajstić information content (AvgIpc) is 3.33. The van der Waals surface area contributed by atoms with E-state index in [-0.39, 0.29) is 11.3 Å². The second kappa shape index (κ2) is 9.52. The van der Waals surface area contributed by atoms with Crippen molar-refractivity contribution in [1.29, 1.82) is 0 Å². The number of imidazole rings is 1. The summed E-state index contributed by atoms with van der Waals surface area (Å²) in [6, 6.07) is 8.94. The fourth-order valence-electron chi connectivity index (χ4n) is 3.17. The number of carbonyl (C=O) groups excluding carboxylic acids is 1. The fourth-order valence-corrected chi connectivity index (χ4v) is 3.44. The van der Waals surface area contributed by atoms with Crippen molar-refractivity contribution in [3.05, 3.63) is 52.8 Å². The quantitative estimate of drug-likeness (QED) is 0.426. The number of aliphatic carboxylic acids is 1. The van der Waals surface area contributed by atoms with Crippen LogP contribution in [0.25, 0.3) is 22.8 Å². The van der Waals surface area contributed by atoms with E-state index in [1.807, 2.05) is 24.3 Å². The summed E-state index contributed by atoms with van der Waals surface area (Å²) < 4.78 is 31.3. The second-order valence-corrected chi connectivity index (χ2v) is 8.14. The van der Waals surface area contributed by atoms with E-state index in [0.717, 1.165) is 14.6 Å². The van der Waals surface area contributed by atoms with Gasteiger partial charge in [-0.2, -0.15) is 8.78 Å². The topological polar surface area (TPSA) is 97.2 Å². The summed E-state index contributed by atoms with van der Waals surface area (Å²) in [5.41, 5.74) is 2.07. The number of benzene rings is 1. The third-order valence-corrected chi connectivity index (χ3v) is 5.19. The van der Waals surface area contributed by atoms with Crippen LogP contribution in [0.3, 0.4) is 0 Å². The fraction of sp³-hybridized carbons (Fsp3) is 0.286. The van der Waals surface area contributed by atoms with E-state index in [4.69, 9.17) is 0 Å². The molecule has 10 heteroatoms. The molecule has 2 aromatic heterocycles. The molecule has 0 bridgehead atoms. The highest BCUT2D eigenvalue weighted by Crippen LogP contribution is 2.27. The van der Waals surface area contributed by atoms with Crippen molar-refractivity contribution in [3.8, 4) is 22.8 Å². The molecular weight excluding hydrogens is 476 g/mol. The van der Waals surface area contributed by atoms with Gasteiger partial charge in [-0.25, -0.2) is 4.98 Å². The Morgan fingerprint density at radius 2 is 1.94 bits per heavy atom. The number of nitrogens with zero attached hydrogens (tertiary/aromatic N) is 2. The third kappa shape index (κ3) is 5.26. The predicted octanol–water partition coefficient (Wildman–Crippen LogP) is 5.04. The Bertz CT molecular complexity index is 1080. The molecule has 31 heavy (non-hydrogen) atoms. The zero-order valence-electron chi connectivity index (χ0n) is 16.7. The van der Waals surface area contributed by atoms with Crippen LogP contribution in [-0.2, 0) is 16.1 Å². The van der Waals surface area contributed by atoms with E-state index in [1.165, 1.54) is 12.3 Å². The molecule has 0 saturated carbocycles. The Hall–Kier alpha value is -2.85. The van der Waals surface area contributed by atoms with Gasteiger partial charge < -0.3 is 14.8 Å². The zero-order chi connectivity index (χ0) is 22.7. The van der Waals surface area contributed by atoms with Gasteiger partial charge in [-0.05, 0) is 35.2 Å². The number of aromatic nitrogens is 3. The van der Waals surface area contributed by atoms with Gasteiger partial charge in [-0.1, -0.05) is 41.9 Å². The molecule has 0 aliphatic rings. The molecule has 0 fully saturated rings. The van der Waals surface area contributed by atoms with Crippen LogP contribution < -0.4 is 0 Å². The van der Waals surface area contributed by atoms with E-state index in [0.29, 0.717) is 11.5 Å². The second-order valence-electron chi connectivity index (χ2n) is 7.23. The van der Waals surface area contributed by atoms with Crippen LogP contribution in [0.4, 0.5) is 8.78 Å².